The number of nitrogens with two attached hydrogens (primary N) is 1. The van der Waals surface area contributed by atoms with Gasteiger partial charge in [0.05, 0.1) is 23.1 Å². The van der Waals surface area contributed by atoms with Crippen LogP contribution in [0.5, 0.6) is 0 Å². The summed E-state index contributed by atoms with van der Waals surface area (Å²) >= 11 is 0. The molecule has 0 aliphatic heterocycles. The summed E-state index contributed by atoms with van der Waals surface area (Å²) in [4.78, 5) is 24.1. The van der Waals surface area contributed by atoms with Crippen LogP contribution in [0.1, 0.15) is 34.5 Å². The lowest BCUT2D eigenvalue weighted by Crippen LogP contribution is -2.31. The molecule has 0 heterocycles. The van der Waals surface area contributed by atoms with Crippen molar-refractivity contribution in [3.05, 3.63) is 65.2 Å². The molecule has 0 bridgehead atoms. The smallest absolute Gasteiger partial charge is 0.338 e. The Balaban J connectivity index is 1.89. The Morgan fingerprint density at radius 3 is 2.43 bits per heavy atom. The van der Waals surface area contributed by atoms with Crippen molar-refractivity contribution >= 4 is 21.9 Å². The Morgan fingerprint density at radius 2 is 1.82 bits per heavy atom. The lowest BCUT2D eigenvalue weighted by molar-refractivity contribution is -0.124. The number of hydrogen-bond donors (Lipinski definition) is 2. The fraction of sp³-hybridized carbons (Fsp3) is 0.263. The standard InChI is InChI=1S/C19H22N2O6S/c1-13(15-6-8-17(9-7-15)28(20,24)25)21-18(22)12-27-19(23)16-5-3-4-14(10-16)11-26-2/h3-10,13H,11-12H2,1-2H3,(H,21,22)(H2,20,24,25)/t13-/m0/s1. The number of esters is 1. The summed E-state index contributed by atoms with van der Waals surface area (Å²) in [7, 11) is -2.22. The van der Waals surface area contributed by atoms with Gasteiger partial charge in [-0.2, -0.15) is 0 Å². The van der Waals surface area contributed by atoms with Crippen molar-refractivity contribution in [3.8, 4) is 0 Å². The molecule has 2 aromatic rings. The normalized spacial score (nSPS) is 12.2. The zero-order valence-corrected chi connectivity index (χ0v) is 16.4. The third-order valence-electron chi connectivity index (χ3n) is 3.89. The molecule has 2 rings (SSSR count). The van der Waals surface area contributed by atoms with E-state index in [1.807, 2.05) is 6.07 Å². The molecule has 0 aliphatic rings. The van der Waals surface area contributed by atoms with E-state index in [1.54, 1.807) is 44.4 Å². The highest BCUT2D eigenvalue weighted by atomic mass is 32.2. The number of nitrogens with one attached hydrogen (secondary N) is 1. The second-order valence-electron chi connectivity index (χ2n) is 6.11. The van der Waals surface area contributed by atoms with Gasteiger partial charge in [-0.3, -0.25) is 4.79 Å². The fourth-order valence-corrected chi connectivity index (χ4v) is 3.00. The molecule has 0 radical (unpaired) electrons. The summed E-state index contributed by atoms with van der Waals surface area (Å²) in [5.41, 5.74) is 1.83. The number of sulfonamides is 1. The van der Waals surface area contributed by atoms with E-state index < -0.39 is 34.5 Å². The molecule has 9 heteroatoms. The predicted octanol–water partition coefficient (Wildman–Crippen LogP) is 1.51. The fourth-order valence-electron chi connectivity index (χ4n) is 2.48. The lowest BCUT2D eigenvalue weighted by atomic mass is 10.1. The first-order chi connectivity index (χ1) is 13.2. The van der Waals surface area contributed by atoms with Crippen molar-refractivity contribution < 1.29 is 27.5 Å². The number of carbonyl (C=O) groups is 2. The molecular weight excluding hydrogens is 384 g/mol. The van der Waals surface area contributed by atoms with Crippen molar-refractivity contribution in [1.82, 2.24) is 5.32 Å². The Morgan fingerprint density at radius 1 is 1.14 bits per heavy atom. The molecule has 0 fully saturated rings. The zero-order valence-electron chi connectivity index (χ0n) is 15.5. The van der Waals surface area contributed by atoms with E-state index in [0.717, 1.165) is 5.56 Å². The summed E-state index contributed by atoms with van der Waals surface area (Å²) in [5, 5.41) is 7.73. The monoisotopic (exact) mass is 406 g/mol. The molecule has 0 spiro atoms. The molecule has 0 aromatic heterocycles. The van der Waals surface area contributed by atoms with Gasteiger partial charge in [-0.05, 0) is 42.3 Å². The first kappa shape index (κ1) is 21.5. The number of ether oxygens (including phenoxy) is 2. The van der Waals surface area contributed by atoms with Gasteiger partial charge in [0.15, 0.2) is 6.61 Å². The minimum Gasteiger partial charge on any atom is -0.452 e. The van der Waals surface area contributed by atoms with Crippen LogP contribution in [0, 0.1) is 0 Å². The van der Waals surface area contributed by atoms with E-state index >= 15 is 0 Å². The van der Waals surface area contributed by atoms with Gasteiger partial charge < -0.3 is 14.8 Å². The Kier molecular flexibility index (Phi) is 7.27. The van der Waals surface area contributed by atoms with E-state index in [9.17, 15) is 18.0 Å². The number of hydrogen-bond acceptors (Lipinski definition) is 6. The number of methoxy groups -OCH3 is 1. The summed E-state index contributed by atoms with van der Waals surface area (Å²) in [6, 6.07) is 12.2. The van der Waals surface area contributed by atoms with Crippen molar-refractivity contribution in [2.75, 3.05) is 13.7 Å². The van der Waals surface area contributed by atoms with Gasteiger partial charge in [0, 0.05) is 7.11 Å². The van der Waals surface area contributed by atoms with Gasteiger partial charge >= 0.3 is 5.97 Å². The third kappa shape index (κ3) is 6.15. The van der Waals surface area contributed by atoms with E-state index in [0.29, 0.717) is 17.7 Å². The summed E-state index contributed by atoms with van der Waals surface area (Å²) < 4.78 is 32.6. The van der Waals surface area contributed by atoms with Crippen molar-refractivity contribution in [2.45, 2.75) is 24.5 Å². The van der Waals surface area contributed by atoms with Crippen LogP contribution in [-0.4, -0.2) is 34.0 Å². The minimum atomic E-state index is -3.77. The second-order valence-corrected chi connectivity index (χ2v) is 7.67. The number of benzene rings is 2. The predicted molar refractivity (Wildman–Crippen MR) is 102 cm³/mol. The van der Waals surface area contributed by atoms with E-state index in [4.69, 9.17) is 14.6 Å². The molecule has 150 valence electrons. The number of rotatable bonds is 8. The van der Waals surface area contributed by atoms with Gasteiger partial charge in [-0.1, -0.05) is 24.3 Å². The number of carbonyl (C=O) groups excluding carboxylic acids is 2. The van der Waals surface area contributed by atoms with Crippen LogP contribution in [0.4, 0.5) is 0 Å². The summed E-state index contributed by atoms with van der Waals surface area (Å²) in [6.07, 6.45) is 0. The number of primary sulfonamides is 1. The van der Waals surface area contributed by atoms with E-state index in [-0.39, 0.29) is 4.90 Å². The summed E-state index contributed by atoms with van der Waals surface area (Å²) in [6.45, 7) is 1.65. The highest BCUT2D eigenvalue weighted by Gasteiger charge is 2.14. The molecule has 0 aliphatic carbocycles. The molecule has 0 saturated carbocycles. The average Bonchev–Trinajstić information content (AvgIpc) is 2.66. The Labute approximate surface area is 163 Å². The topological polar surface area (TPSA) is 125 Å². The van der Waals surface area contributed by atoms with Crippen LogP contribution < -0.4 is 10.5 Å². The largest absolute Gasteiger partial charge is 0.452 e. The molecular formula is C19H22N2O6S. The molecule has 1 atom stereocenters. The molecule has 2 aromatic carbocycles. The first-order valence-corrected chi connectivity index (χ1v) is 9.92. The van der Waals surface area contributed by atoms with Crippen LogP contribution in [0.25, 0.3) is 0 Å². The molecule has 0 saturated heterocycles. The quantitative estimate of drug-likeness (QED) is 0.640. The number of amides is 1. The second kappa shape index (κ2) is 9.45. The minimum absolute atomic E-state index is 0.0144. The zero-order chi connectivity index (χ0) is 20.7. The average molecular weight is 406 g/mol. The Bertz CT molecular complexity index is 941. The maximum Gasteiger partial charge on any atom is 0.338 e. The van der Waals surface area contributed by atoms with Gasteiger partial charge in [-0.15, -0.1) is 0 Å². The van der Waals surface area contributed by atoms with Crippen LogP contribution in [0.15, 0.2) is 53.4 Å². The highest BCUT2D eigenvalue weighted by Crippen LogP contribution is 2.15. The van der Waals surface area contributed by atoms with Crippen LogP contribution >= 0.6 is 0 Å². The third-order valence-corrected chi connectivity index (χ3v) is 4.82. The first-order valence-electron chi connectivity index (χ1n) is 8.38. The molecule has 0 unspecified atom stereocenters. The van der Waals surface area contributed by atoms with E-state index in [1.165, 1.54) is 12.1 Å². The van der Waals surface area contributed by atoms with Crippen LogP contribution in [0.3, 0.4) is 0 Å². The van der Waals surface area contributed by atoms with Gasteiger partial charge in [-0.25, -0.2) is 18.4 Å². The molecule has 8 nitrogen and oxygen atoms in total. The molecule has 1 amide bonds. The van der Waals surface area contributed by atoms with Crippen LogP contribution in [-0.2, 0) is 30.9 Å². The lowest BCUT2D eigenvalue weighted by Gasteiger charge is -2.15. The van der Waals surface area contributed by atoms with Gasteiger partial charge in [0.25, 0.3) is 5.91 Å². The highest BCUT2D eigenvalue weighted by molar-refractivity contribution is 7.89. The van der Waals surface area contributed by atoms with Crippen LogP contribution in [0.2, 0.25) is 0 Å². The maximum absolute atomic E-state index is 12.1. The molecule has 3 N–H and O–H groups in total. The van der Waals surface area contributed by atoms with Gasteiger partial charge in [0.2, 0.25) is 10.0 Å². The van der Waals surface area contributed by atoms with E-state index in [2.05, 4.69) is 5.32 Å². The molecule has 28 heavy (non-hydrogen) atoms. The SMILES string of the molecule is COCc1cccc(C(=O)OCC(=O)N[C@@H](C)c2ccc(S(N)(=O)=O)cc2)c1. The Hall–Kier alpha value is -2.75. The van der Waals surface area contributed by atoms with Crippen molar-refractivity contribution in [2.24, 2.45) is 5.14 Å². The van der Waals surface area contributed by atoms with Gasteiger partial charge in [0.1, 0.15) is 0 Å². The van der Waals surface area contributed by atoms with Crippen molar-refractivity contribution in [1.29, 1.82) is 0 Å². The van der Waals surface area contributed by atoms with Crippen molar-refractivity contribution in [3.63, 3.8) is 0 Å². The maximum atomic E-state index is 12.1. The summed E-state index contributed by atoms with van der Waals surface area (Å²) in [5.74, 6) is -1.09.